The normalized spacial score (nSPS) is 15.9. The maximum absolute atomic E-state index is 5.42. The van der Waals surface area contributed by atoms with E-state index in [2.05, 4.69) is 14.9 Å². The van der Waals surface area contributed by atoms with Gasteiger partial charge in [0.05, 0.1) is 37.8 Å². The highest BCUT2D eigenvalue weighted by Gasteiger charge is 2.11. The van der Waals surface area contributed by atoms with Crippen LogP contribution in [0.5, 0.6) is 0 Å². The van der Waals surface area contributed by atoms with Crippen LogP contribution >= 0.6 is 12.4 Å². The van der Waals surface area contributed by atoms with E-state index < -0.39 is 0 Å². The minimum absolute atomic E-state index is 0. The number of ether oxygens (including phenoxy) is 1. The molecule has 1 aliphatic heterocycles. The molecule has 0 saturated carbocycles. The molecule has 0 spiro atoms. The summed E-state index contributed by atoms with van der Waals surface area (Å²) in [6.45, 7) is 3.76. The summed E-state index contributed by atoms with van der Waals surface area (Å²) >= 11 is 0. The van der Waals surface area contributed by atoms with Gasteiger partial charge in [-0.25, -0.2) is 9.97 Å². The fourth-order valence-electron chi connectivity index (χ4n) is 1.44. The van der Waals surface area contributed by atoms with Gasteiger partial charge in [0.2, 0.25) is 0 Å². The van der Waals surface area contributed by atoms with Crippen molar-refractivity contribution in [1.82, 2.24) is 9.97 Å². The summed E-state index contributed by atoms with van der Waals surface area (Å²) < 4.78 is 5.26. The van der Waals surface area contributed by atoms with E-state index in [-0.39, 0.29) is 12.4 Å². The molecule has 0 amide bonds. The van der Waals surface area contributed by atoms with E-state index in [0.717, 1.165) is 32.0 Å². The molecule has 0 aromatic carbocycles. The Kier molecular flexibility index (Phi) is 4.74. The van der Waals surface area contributed by atoms with Crippen LogP contribution in [0.15, 0.2) is 12.4 Å². The van der Waals surface area contributed by atoms with E-state index in [0.29, 0.717) is 12.4 Å². The van der Waals surface area contributed by atoms with Gasteiger partial charge in [0.25, 0.3) is 0 Å². The Balaban J connectivity index is 0.00000112. The molecule has 2 heterocycles. The van der Waals surface area contributed by atoms with Crippen LogP contribution in [0, 0.1) is 0 Å². The van der Waals surface area contributed by atoms with Gasteiger partial charge < -0.3 is 15.4 Å². The first kappa shape index (κ1) is 12.2. The topological polar surface area (TPSA) is 64.3 Å². The summed E-state index contributed by atoms with van der Waals surface area (Å²) in [5.74, 6) is 0.682. The summed E-state index contributed by atoms with van der Waals surface area (Å²) in [5, 5.41) is 0. The zero-order valence-corrected chi connectivity index (χ0v) is 9.24. The Bertz CT molecular complexity index is 287. The molecule has 2 rings (SSSR count). The van der Waals surface area contributed by atoms with Gasteiger partial charge in [0, 0.05) is 13.1 Å². The third-order valence-corrected chi connectivity index (χ3v) is 2.25. The SMILES string of the molecule is Cl.NCc1ncc(N2CCOCC2)cn1. The summed E-state index contributed by atoms with van der Waals surface area (Å²) in [6, 6.07) is 0. The molecule has 1 aromatic heterocycles. The lowest BCUT2D eigenvalue weighted by atomic mass is 10.3. The van der Waals surface area contributed by atoms with Crippen LogP contribution in [0.3, 0.4) is 0 Å². The third-order valence-electron chi connectivity index (χ3n) is 2.25. The third kappa shape index (κ3) is 3.02. The molecule has 84 valence electrons. The number of rotatable bonds is 2. The number of anilines is 1. The van der Waals surface area contributed by atoms with Gasteiger partial charge in [0.1, 0.15) is 5.82 Å². The predicted molar refractivity (Wildman–Crippen MR) is 60.2 cm³/mol. The summed E-state index contributed by atoms with van der Waals surface area (Å²) in [4.78, 5) is 10.5. The number of hydrogen-bond acceptors (Lipinski definition) is 5. The van der Waals surface area contributed by atoms with E-state index >= 15 is 0 Å². The second-order valence-electron chi connectivity index (χ2n) is 3.16. The maximum Gasteiger partial charge on any atom is 0.141 e. The molecular weight excluding hydrogens is 216 g/mol. The Morgan fingerprint density at radius 1 is 1.27 bits per heavy atom. The first-order chi connectivity index (χ1) is 6.90. The van der Waals surface area contributed by atoms with Crippen molar-refractivity contribution in [2.45, 2.75) is 6.54 Å². The minimum atomic E-state index is 0. The van der Waals surface area contributed by atoms with Crippen molar-refractivity contribution in [2.75, 3.05) is 31.2 Å². The second-order valence-corrected chi connectivity index (χ2v) is 3.16. The van der Waals surface area contributed by atoms with Crippen molar-refractivity contribution >= 4 is 18.1 Å². The Morgan fingerprint density at radius 2 is 1.87 bits per heavy atom. The molecule has 1 aliphatic rings. The first-order valence-corrected chi connectivity index (χ1v) is 4.74. The summed E-state index contributed by atoms with van der Waals surface area (Å²) in [5.41, 5.74) is 6.47. The van der Waals surface area contributed by atoms with E-state index in [1.165, 1.54) is 0 Å². The molecule has 0 unspecified atom stereocenters. The smallest absolute Gasteiger partial charge is 0.141 e. The molecule has 1 fully saturated rings. The molecule has 1 aromatic rings. The Labute approximate surface area is 95.1 Å². The molecule has 1 saturated heterocycles. The van der Waals surface area contributed by atoms with Crippen LogP contribution in [0.1, 0.15) is 5.82 Å². The van der Waals surface area contributed by atoms with Crippen molar-refractivity contribution in [3.8, 4) is 0 Å². The van der Waals surface area contributed by atoms with Crippen LogP contribution in [-0.2, 0) is 11.3 Å². The largest absolute Gasteiger partial charge is 0.378 e. The number of morpholine rings is 1. The molecule has 6 heteroatoms. The van der Waals surface area contributed by atoms with Crippen molar-refractivity contribution in [1.29, 1.82) is 0 Å². The summed E-state index contributed by atoms with van der Waals surface area (Å²) in [7, 11) is 0. The number of halogens is 1. The zero-order valence-electron chi connectivity index (χ0n) is 8.43. The van der Waals surface area contributed by atoms with Crippen molar-refractivity contribution in [3.05, 3.63) is 18.2 Å². The van der Waals surface area contributed by atoms with Crippen LogP contribution in [0.25, 0.3) is 0 Å². The standard InChI is InChI=1S/C9H14N4O.ClH/c10-5-9-11-6-8(7-12-9)13-1-3-14-4-2-13;/h6-7H,1-5,10H2;1H. The van der Waals surface area contributed by atoms with Gasteiger partial charge >= 0.3 is 0 Å². The van der Waals surface area contributed by atoms with E-state index in [1.54, 1.807) is 0 Å². The lowest BCUT2D eigenvalue weighted by Crippen LogP contribution is -2.36. The van der Waals surface area contributed by atoms with Gasteiger partial charge in [-0.05, 0) is 0 Å². The highest BCUT2D eigenvalue weighted by atomic mass is 35.5. The molecule has 0 atom stereocenters. The van der Waals surface area contributed by atoms with Gasteiger partial charge in [-0.2, -0.15) is 0 Å². The van der Waals surface area contributed by atoms with Crippen LogP contribution in [0.2, 0.25) is 0 Å². The number of nitrogens with zero attached hydrogens (tertiary/aromatic N) is 3. The van der Waals surface area contributed by atoms with Gasteiger partial charge in [-0.15, -0.1) is 12.4 Å². The van der Waals surface area contributed by atoms with E-state index in [1.807, 2.05) is 12.4 Å². The average Bonchev–Trinajstić information content (AvgIpc) is 2.30. The highest BCUT2D eigenvalue weighted by molar-refractivity contribution is 5.85. The molecule has 5 nitrogen and oxygen atoms in total. The molecule has 0 radical (unpaired) electrons. The Hall–Kier alpha value is -0.910. The van der Waals surface area contributed by atoms with Gasteiger partial charge in [-0.1, -0.05) is 0 Å². The van der Waals surface area contributed by atoms with Gasteiger partial charge in [-0.3, -0.25) is 0 Å². The number of aromatic nitrogens is 2. The van der Waals surface area contributed by atoms with Crippen LogP contribution < -0.4 is 10.6 Å². The molecule has 15 heavy (non-hydrogen) atoms. The Morgan fingerprint density at radius 3 is 2.40 bits per heavy atom. The fourth-order valence-corrected chi connectivity index (χ4v) is 1.44. The molecular formula is C9H15ClN4O. The minimum Gasteiger partial charge on any atom is -0.378 e. The second kappa shape index (κ2) is 5.85. The lowest BCUT2D eigenvalue weighted by molar-refractivity contribution is 0.122. The molecule has 0 aliphatic carbocycles. The van der Waals surface area contributed by atoms with Crippen LogP contribution in [-0.4, -0.2) is 36.3 Å². The number of hydrogen-bond donors (Lipinski definition) is 1. The number of nitrogens with two attached hydrogens (primary N) is 1. The van der Waals surface area contributed by atoms with Crippen molar-refractivity contribution in [3.63, 3.8) is 0 Å². The predicted octanol–water partition coefficient (Wildman–Crippen LogP) is 0.194. The fraction of sp³-hybridized carbons (Fsp3) is 0.556. The zero-order chi connectivity index (χ0) is 9.80. The quantitative estimate of drug-likeness (QED) is 0.786. The lowest BCUT2D eigenvalue weighted by Gasteiger charge is -2.28. The summed E-state index contributed by atoms with van der Waals surface area (Å²) in [6.07, 6.45) is 3.64. The average molecular weight is 231 g/mol. The maximum atomic E-state index is 5.42. The van der Waals surface area contributed by atoms with E-state index in [9.17, 15) is 0 Å². The van der Waals surface area contributed by atoms with Gasteiger partial charge in [0.15, 0.2) is 0 Å². The first-order valence-electron chi connectivity index (χ1n) is 4.74. The van der Waals surface area contributed by atoms with Crippen molar-refractivity contribution in [2.24, 2.45) is 5.73 Å². The molecule has 0 bridgehead atoms. The van der Waals surface area contributed by atoms with Crippen molar-refractivity contribution < 1.29 is 4.74 Å². The van der Waals surface area contributed by atoms with E-state index in [4.69, 9.17) is 10.5 Å². The molecule has 2 N–H and O–H groups in total. The highest BCUT2D eigenvalue weighted by Crippen LogP contribution is 2.12. The van der Waals surface area contributed by atoms with Crippen LogP contribution in [0.4, 0.5) is 5.69 Å². The monoisotopic (exact) mass is 230 g/mol.